The van der Waals surface area contributed by atoms with E-state index in [1.54, 1.807) is 17.5 Å². The van der Waals surface area contributed by atoms with Crippen molar-refractivity contribution < 1.29 is 14.3 Å². The van der Waals surface area contributed by atoms with Crippen molar-refractivity contribution in [1.82, 2.24) is 25.7 Å². The SMILES string of the molecule is O=C(N[C@@]1(c2cccnn2)CCNC1)c1ccc(C2CCN(C(=O)C3CCOC3)CC2)s1. The first-order valence-electron chi connectivity index (χ1n) is 11.4. The molecule has 2 amide bonds. The van der Waals surface area contributed by atoms with Gasteiger partial charge in [-0.05, 0) is 62.4 Å². The third kappa shape index (κ3) is 4.29. The number of amides is 2. The number of ether oxygens (including phenoxy) is 1. The number of carbonyl (C=O) groups is 2. The number of hydrogen-bond acceptors (Lipinski definition) is 7. The van der Waals surface area contributed by atoms with Crippen LogP contribution in [0.15, 0.2) is 30.5 Å². The Morgan fingerprint density at radius 1 is 1.22 bits per heavy atom. The van der Waals surface area contributed by atoms with Crippen molar-refractivity contribution in [3.63, 3.8) is 0 Å². The lowest BCUT2D eigenvalue weighted by atomic mass is 9.93. The van der Waals surface area contributed by atoms with E-state index < -0.39 is 5.54 Å². The molecule has 0 saturated carbocycles. The minimum Gasteiger partial charge on any atom is -0.381 e. The first-order valence-corrected chi connectivity index (χ1v) is 12.2. The van der Waals surface area contributed by atoms with E-state index in [0.717, 1.165) is 55.9 Å². The van der Waals surface area contributed by atoms with Crippen LogP contribution < -0.4 is 10.6 Å². The molecular formula is C23H29N5O3S. The molecule has 3 aliphatic rings. The molecule has 9 heteroatoms. The molecule has 5 heterocycles. The van der Waals surface area contributed by atoms with Gasteiger partial charge >= 0.3 is 0 Å². The van der Waals surface area contributed by atoms with Crippen molar-refractivity contribution in [1.29, 1.82) is 0 Å². The smallest absolute Gasteiger partial charge is 0.262 e. The lowest BCUT2D eigenvalue weighted by Gasteiger charge is -2.33. The summed E-state index contributed by atoms with van der Waals surface area (Å²) in [6.07, 6.45) is 5.15. The second kappa shape index (κ2) is 9.25. The molecule has 3 saturated heterocycles. The fourth-order valence-electron chi connectivity index (χ4n) is 4.98. The van der Waals surface area contributed by atoms with Gasteiger partial charge in [0, 0.05) is 37.3 Å². The molecule has 8 nitrogen and oxygen atoms in total. The summed E-state index contributed by atoms with van der Waals surface area (Å²) in [6.45, 7) is 4.29. The molecule has 2 aromatic heterocycles. The van der Waals surface area contributed by atoms with Gasteiger partial charge in [0.2, 0.25) is 5.91 Å². The largest absolute Gasteiger partial charge is 0.381 e. The van der Waals surface area contributed by atoms with Crippen LogP contribution >= 0.6 is 11.3 Å². The highest BCUT2D eigenvalue weighted by molar-refractivity contribution is 7.14. The Morgan fingerprint density at radius 3 is 2.78 bits per heavy atom. The standard InChI is InChI=1S/C23H29N5O3S/c29-21(26-23(8-10-24-15-23)20-2-1-9-25-27-20)19-4-3-18(32-19)16-5-11-28(12-6-16)22(30)17-7-13-31-14-17/h1-4,9,16-17,24H,5-8,10-15H2,(H,26,29)/t17?,23-/m0/s1. The van der Waals surface area contributed by atoms with E-state index in [2.05, 4.69) is 26.9 Å². The third-order valence-corrected chi connectivity index (χ3v) is 8.16. The maximum atomic E-state index is 13.1. The zero-order valence-electron chi connectivity index (χ0n) is 18.1. The van der Waals surface area contributed by atoms with Gasteiger partial charge in [-0.1, -0.05) is 0 Å². The summed E-state index contributed by atoms with van der Waals surface area (Å²) in [5.74, 6) is 0.610. The summed E-state index contributed by atoms with van der Waals surface area (Å²) >= 11 is 1.57. The van der Waals surface area contributed by atoms with Crippen molar-refractivity contribution in [3.05, 3.63) is 45.9 Å². The van der Waals surface area contributed by atoms with E-state index in [0.29, 0.717) is 25.7 Å². The number of nitrogens with one attached hydrogen (secondary N) is 2. The first kappa shape index (κ1) is 21.5. The van der Waals surface area contributed by atoms with Gasteiger partial charge < -0.3 is 20.3 Å². The van der Waals surface area contributed by atoms with Crippen molar-refractivity contribution in [2.75, 3.05) is 39.4 Å². The number of likely N-dealkylation sites (tertiary alicyclic amines) is 1. The van der Waals surface area contributed by atoms with Gasteiger partial charge in [0.25, 0.3) is 5.91 Å². The van der Waals surface area contributed by atoms with Crippen LogP contribution in [0.1, 0.15) is 51.8 Å². The molecule has 0 radical (unpaired) electrons. The molecule has 0 aliphatic carbocycles. The molecule has 0 spiro atoms. The molecule has 3 aliphatic heterocycles. The molecule has 2 atom stereocenters. The second-order valence-electron chi connectivity index (χ2n) is 8.93. The Hall–Kier alpha value is -2.36. The zero-order chi connectivity index (χ0) is 22.0. The van der Waals surface area contributed by atoms with Gasteiger partial charge in [-0.2, -0.15) is 10.2 Å². The molecule has 5 rings (SSSR count). The summed E-state index contributed by atoms with van der Waals surface area (Å²) in [6, 6.07) is 7.78. The zero-order valence-corrected chi connectivity index (χ0v) is 18.9. The van der Waals surface area contributed by atoms with E-state index in [1.165, 1.54) is 4.88 Å². The molecule has 1 unspecified atom stereocenters. The second-order valence-corrected chi connectivity index (χ2v) is 10.0. The number of thiophene rings is 1. The molecule has 0 bridgehead atoms. The first-order chi connectivity index (χ1) is 15.6. The van der Waals surface area contributed by atoms with Gasteiger partial charge in [-0.3, -0.25) is 9.59 Å². The third-order valence-electron chi connectivity index (χ3n) is 6.91. The quantitative estimate of drug-likeness (QED) is 0.715. The number of piperidine rings is 1. The Bertz CT molecular complexity index is 946. The summed E-state index contributed by atoms with van der Waals surface area (Å²) in [5.41, 5.74) is 0.269. The average Bonchev–Trinajstić information content (AvgIpc) is 3.62. The predicted molar refractivity (Wildman–Crippen MR) is 120 cm³/mol. The van der Waals surface area contributed by atoms with Gasteiger partial charge in [0.05, 0.1) is 28.6 Å². The summed E-state index contributed by atoms with van der Waals surface area (Å²) in [4.78, 5) is 29.7. The topological polar surface area (TPSA) is 96.5 Å². The van der Waals surface area contributed by atoms with E-state index >= 15 is 0 Å². The van der Waals surface area contributed by atoms with E-state index in [4.69, 9.17) is 4.74 Å². The van der Waals surface area contributed by atoms with Crippen LogP contribution in [0.25, 0.3) is 0 Å². The number of rotatable bonds is 5. The summed E-state index contributed by atoms with van der Waals surface area (Å²) in [5, 5.41) is 14.8. The van der Waals surface area contributed by atoms with Crippen LogP contribution in [0.4, 0.5) is 0 Å². The Labute approximate surface area is 191 Å². The van der Waals surface area contributed by atoms with Gasteiger partial charge in [-0.25, -0.2) is 0 Å². The fraction of sp³-hybridized carbons (Fsp3) is 0.565. The summed E-state index contributed by atoms with van der Waals surface area (Å²) < 4.78 is 5.37. The monoisotopic (exact) mass is 455 g/mol. The van der Waals surface area contributed by atoms with Crippen LogP contribution in [0.3, 0.4) is 0 Å². The molecule has 2 aromatic rings. The van der Waals surface area contributed by atoms with Crippen LogP contribution in [-0.2, 0) is 15.1 Å². The molecular weight excluding hydrogens is 426 g/mol. The summed E-state index contributed by atoms with van der Waals surface area (Å²) in [7, 11) is 0. The molecule has 3 fully saturated rings. The molecule has 2 N–H and O–H groups in total. The van der Waals surface area contributed by atoms with Crippen molar-refractivity contribution in [2.45, 2.75) is 37.1 Å². The van der Waals surface area contributed by atoms with Gasteiger partial charge in [0.15, 0.2) is 0 Å². The number of hydrogen-bond donors (Lipinski definition) is 2. The van der Waals surface area contributed by atoms with Crippen molar-refractivity contribution in [3.8, 4) is 0 Å². The lowest BCUT2D eigenvalue weighted by molar-refractivity contribution is -0.136. The van der Waals surface area contributed by atoms with Gasteiger partial charge in [-0.15, -0.1) is 11.3 Å². The minimum absolute atomic E-state index is 0.0373. The van der Waals surface area contributed by atoms with E-state index in [-0.39, 0.29) is 17.7 Å². The van der Waals surface area contributed by atoms with Gasteiger partial charge in [0.1, 0.15) is 0 Å². The van der Waals surface area contributed by atoms with Crippen LogP contribution in [0, 0.1) is 5.92 Å². The maximum absolute atomic E-state index is 13.1. The lowest BCUT2D eigenvalue weighted by Crippen LogP contribution is -2.48. The Kier molecular flexibility index (Phi) is 6.21. The fourth-order valence-corrected chi connectivity index (χ4v) is 6.06. The normalized spacial score (nSPS) is 26.4. The molecule has 170 valence electrons. The van der Waals surface area contributed by atoms with Crippen LogP contribution in [0.5, 0.6) is 0 Å². The van der Waals surface area contributed by atoms with E-state index in [1.807, 2.05) is 23.1 Å². The average molecular weight is 456 g/mol. The highest BCUT2D eigenvalue weighted by Crippen LogP contribution is 2.34. The number of nitrogens with zero attached hydrogens (tertiary/aromatic N) is 3. The molecule has 32 heavy (non-hydrogen) atoms. The number of aromatic nitrogens is 2. The Balaban J connectivity index is 1.21. The van der Waals surface area contributed by atoms with Crippen LogP contribution in [-0.4, -0.2) is 66.3 Å². The molecule has 0 aromatic carbocycles. The Morgan fingerprint density at radius 2 is 2.09 bits per heavy atom. The van der Waals surface area contributed by atoms with E-state index in [9.17, 15) is 9.59 Å². The minimum atomic E-state index is -0.523. The maximum Gasteiger partial charge on any atom is 0.262 e. The highest BCUT2D eigenvalue weighted by atomic mass is 32.1. The predicted octanol–water partition coefficient (Wildman–Crippen LogP) is 1.90. The highest BCUT2D eigenvalue weighted by Gasteiger charge is 2.39. The van der Waals surface area contributed by atoms with Crippen molar-refractivity contribution in [2.24, 2.45) is 5.92 Å². The number of carbonyl (C=O) groups excluding carboxylic acids is 2. The van der Waals surface area contributed by atoms with Crippen molar-refractivity contribution >= 4 is 23.2 Å². The van der Waals surface area contributed by atoms with Crippen LogP contribution in [0.2, 0.25) is 0 Å².